The largest absolute Gasteiger partial charge is 0.489 e. The normalized spacial score (nSPS) is 11.2. The average Bonchev–Trinajstić information content (AvgIpc) is 2.14. The number of halogens is 1. The lowest BCUT2D eigenvalue weighted by atomic mass is 10.1. The zero-order valence-electron chi connectivity index (χ0n) is 9.16. The van der Waals surface area contributed by atoms with Gasteiger partial charge in [0.1, 0.15) is 6.61 Å². The Morgan fingerprint density at radius 3 is 2.62 bits per heavy atom. The fraction of sp³-hybridized carbons (Fsp3) is 0.364. The summed E-state index contributed by atoms with van der Waals surface area (Å²) >= 11 is 0. The number of aromatic carboxylic acids is 1. The maximum atomic E-state index is 13.4. The molecule has 16 heavy (non-hydrogen) atoms. The molecule has 1 rings (SSSR count). The van der Waals surface area contributed by atoms with E-state index in [4.69, 9.17) is 15.6 Å². The number of carboxylic acids is 1. The number of benzene rings is 1. The zero-order valence-corrected chi connectivity index (χ0v) is 9.16. The smallest absolute Gasteiger partial charge is 0.335 e. The van der Waals surface area contributed by atoms with Gasteiger partial charge in [0.05, 0.1) is 5.56 Å². The van der Waals surface area contributed by atoms with Crippen LogP contribution in [0, 0.1) is 5.82 Å². The van der Waals surface area contributed by atoms with Gasteiger partial charge < -0.3 is 15.6 Å². The number of hydrogen-bond donors (Lipinski definition) is 2. The van der Waals surface area contributed by atoms with Gasteiger partial charge in [0, 0.05) is 5.54 Å². The van der Waals surface area contributed by atoms with Crippen LogP contribution in [0.2, 0.25) is 0 Å². The van der Waals surface area contributed by atoms with Crippen LogP contribution in [0.25, 0.3) is 0 Å². The third-order valence-electron chi connectivity index (χ3n) is 1.78. The first-order valence-electron chi connectivity index (χ1n) is 4.74. The van der Waals surface area contributed by atoms with Crippen LogP contribution in [0.5, 0.6) is 5.75 Å². The Balaban J connectivity index is 2.80. The van der Waals surface area contributed by atoms with Crippen molar-refractivity contribution in [2.75, 3.05) is 6.61 Å². The molecule has 0 bridgehead atoms. The fourth-order valence-corrected chi connectivity index (χ4v) is 1.01. The number of carboxylic acid groups (broad SMARTS) is 1. The number of carbonyl (C=O) groups is 1. The van der Waals surface area contributed by atoms with Crippen LogP contribution in [0.1, 0.15) is 24.2 Å². The van der Waals surface area contributed by atoms with Gasteiger partial charge in [-0.3, -0.25) is 0 Å². The standard InChI is InChI=1S/C11H14FNO3/c1-11(2,13)6-16-9-4-3-7(10(14)15)5-8(9)12/h3-5H,6,13H2,1-2H3,(H,14,15). The second-order valence-electron chi connectivity index (χ2n) is 4.23. The van der Waals surface area contributed by atoms with Crippen LogP contribution < -0.4 is 10.5 Å². The first kappa shape index (κ1) is 12.4. The molecule has 0 aliphatic rings. The average molecular weight is 227 g/mol. The Bertz CT molecular complexity index is 399. The van der Waals surface area contributed by atoms with E-state index in [-0.39, 0.29) is 17.9 Å². The summed E-state index contributed by atoms with van der Waals surface area (Å²) in [6, 6.07) is 3.48. The predicted octanol–water partition coefficient (Wildman–Crippen LogP) is 1.64. The summed E-state index contributed by atoms with van der Waals surface area (Å²) < 4.78 is 18.5. The highest BCUT2D eigenvalue weighted by Gasteiger charge is 2.14. The van der Waals surface area contributed by atoms with E-state index in [0.29, 0.717) is 0 Å². The molecule has 4 nitrogen and oxygen atoms in total. The molecule has 3 N–H and O–H groups in total. The van der Waals surface area contributed by atoms with Crippen molar-refractivity contribution in [2.45, 2.75) is 19.4 Å². The van der Waals surface area contributed by atoms with Crippen molar-refractivity contribution < 1.29 is 19.0 Å². The lowest BCUT2D eigenvalue weighted by Crippen LogP contribution is -2.38. The summed E-state index contributed by atoms with van der Waals surface area (Å²) in [5, 5.41) is 8.63. The van der Waals surface area contributed by atoms with Crippen molar-refractivity contribution in [3.8, 4) is 5.75 Å². The minimum Gasteiger partial charge on any atom is -0.489 e. The molecule has 1 aromatic carbocycles. The van der Waals surface area contributed by atoms with E-state index in [9.17, 15) is 9.18 Å². The second kappa shape index (κ2) is 4.49. The first-order chi connectivity index (χ1) is 7.29. The van der Waals surface area contributed by atoms with E-state index < -0.39 is 17.3 Å². The van der Waals surface area contributed by atoms with E-state index in [1.807, 2.05) is 0 Å². The molecule has 0 aliphatic heterocycles. The molecule has 0 amide bonds. The van der Waals surface area contributed by atoms with Crippen molar-refractivity contribution >= 4 is 5.97 Å². The molecule has 0 heterocycles. The molecule has 0 unspecified atom stereocenters. The highest BCUT2D eigenvalue weighted by atomic mass is 19.1. The summed E-state index contributed by atoms with van der Waals surface area (Å²) in [5.74, 6) is -1.88. The van der Waals surface area contributed by atoms with Crippen LogP contribution in [-0.2, 0) is 0 Å². The maximum absolute atomic E-state index is 13.4. The Hall–Kier alpha value is -1.62. The Morgan fingerprint density at radius 2 is 2.19 bits per heavy atom. The summed E-state index contributed by atoms with van der Waals surface area (Å²) in [5.41, 5.74) is 4.98. The van der Waals surface area contributed by atoms with Crippen LogP contribution in [-0.4, -0.2) is 23.2 Å². The molecule has 0 fully saturated rings. The molecule has 0 saturated carbocycles. The molecule has 0 spiro atoms. The molecule has 0 atom stereocenters. The number of ether oxygens (including phenoxy) is 1. The van der Waals surface area contributed by atoms with Crippen molar-refractivity contribution in [1.82, 2.24) is 0 Å². The molecular formula is C11H14FNO3. The molecule has 1 aromatic rings. The van der Waals surface area contributed by atoms with Gasteiger partial charge in [-0.25, -0.2) is 9.18 Å². The van der Waals surface area contributed by atoms with Gasteiger partial charge in [-0.1, -0.05) is 0 Å². The Morgan fingerprint density at radius 1 is 1.56 bits per heavy atom. The van der Waals surface area contributed by atoms with Crippen LogP contribution in [0.3, 0.4) is 0 Å². The first-order valence-corrected chi connectivity index (χ1v) is 4.74. The van der Waals surface area contributed by atoms with Gasteiger partial charge in [0.25, 0.3) is 0 Å². The maximum Gasteiger partial charge on any atom is 0.335 e. The monoisotopic (exact) mass is 227 g/mol. The summed E-state index contributed by atoms with van der Waals surface area (Å²) in [4.78, 5) is 10.6. The number of hydrogen-bond acceptors (Lipinski definition) is 3. The van der Waals surface area contributed by atoms with Crippen molar-refractivity contribution in [3.63, 3.8) is 0 Å². The lowest BCUT2D eigenvalue weighted by Gasteiger charge is -2.19. The van der Waals surface area contributed by atoms with Gasteiger partial charge in [-0.2, -0.15) is 0 Å². The molecule has 0 aliphatic carbocycles. The van der Waals surface area contributed by atoms with Crippen LogP contribution in [0.4, 0.5) is 4.39 Å². The fourth-order valence-electron chi connectivity index (χ4n) is 1.01. The van der Waals surface area contributed by atoms with Crippen molar-refractivity contribution in [3.05, 3.63) is 29.6 Å². The third kappa shape index (κ3) is 3.51. The topological polar surface area (TPSA) is 72.5 Å². The SMILES string of the molecule is CC(C)(N)COc1ccc(C(=O)O)cc1F. The third-order valence-corrected chi connectivity index (χ3v) is 1.78. The van der Waals surface area contributed by atoms with Gasteiger partial charge in [0.15, 0.2) is 11.6 Å². The van der Waals surface area contributed by atoms with Gasteiger partial charge in [0.2, 0.25) is 0 Å². The zero-order chi connectivity index (χ0) is 12.3. The van der Waals surface area contributed by atoms with E-state index in [2.05, 4.69) is 0 Å². The lowest BCUT2D eigenvalue weighted by molar-refractivity contribution is 0.0696. The van der Waals surface area contributed by atoms with Crippen LogP contribution >= 0.6 is 0 Å². The minimum atomic E-state index is -1.18. The van der Waals surface area contributed by atoms with E-state index >= 15 is 0 Å². The molecule has 0 saturated heterocycles. The highest BCUT2D eigenvalue weighted by molar-refractivity contribution is 5.87. The minimum absolute atomic E-state index is 0.00326. The Kier molecular flexibility index (Phi) is 3.49. The van der Waals surface area contributed by atoms with Crippen molar-refractivity contribution in [1.29, 1.82) is 0 Å². The molecule has 0 radical (unpaired) electrons. The molecular weight excluding hydrogens is 213 g/mol. The predicted molar refractivity (Wildman–Crippen MR) is 57.1 cm³/mol. The summed E-state index contributed by atoms with van der Waals surface area (Å²) in [7, 11) is 0. The molecule has 88 valence electrons. The van der Waals surface area contributed by atoms with E-state index in [0.717, 1.165) is 6.07 Å². The van der Waals surface area contributed by atoms with E-state index in [1.54, 1.807) is 13.8 Å². The highest BCUT2D eigenvalue weighted by Crippen LogP contribution is 2.19. The summed E-state index contributed by atoms with van der Waals surface area (Å²) in [6.45, 7) is 3.64. The Labute approximate surface area is 92.8 Å². The second-order valence-corrected chi connectivity index (χ2v) is 4.23. The van der Waals surface area contributed by atoms with Gasteiger partial charge >= 0.3 is 5.97 Å². The number of rotatable bonds is 4. The van der Waals surface area contributed by atoms with Gasteiger partial charge in [-0.05, 0) is 32.0 Å². The summed E-state index contributed by atoms with van der Waals surface area (Å²) in [6.07, 6.45) is 0. The number of nitrogens with two attached hydrogens (primary N) is 1. The quantitative estimate of drug-likeness (QED) is 0.820. The van der Waals surface area contributed by atoms with E-state index in [1.165, 1.54) is 12.1 Å². The molecule has 5 heteroatoms. The van der Waals surface area contributed by atoms with Crippen molar-refractivity contribution in [2.24, 2.45) is 5.73 Å². The van der Waals surface area contributed by atoms with Gasteiger partial charge in [-0.15, -0.1) is 0 Å². The molecule has 0 aromatic heterocycles. The van der Waals surface area contributed by atoms with Crippen LogP contribution in [0.15, 0.2) is 18.2 Å².